The molecule has 0 radical (unpaired) electrons. The number of nitrogens with zero attached hydrogens (tertiary/aromatic N) is 2. The second-order valence-corrected chi connectivity index (χ2v) is 5.31. The number of hydrogen-bond donors (Lipinski definition) is 4. The molecule has 0 spiro atoms. The van der Waals surface area contributed by atoms with Crippen molar-refractivity contribution in [2.75, 3.05) is 18.5 Å². The lowest BCUT2D eigenvalue weighted by Gasteiger charge is -2.10. The van der Waals surface area contributed by atoms with Crippen LogP contribution in [0.15, 0.2) is 48.8 Å². The first-order valence-corrected chi connectivity index (χ1v) is 7.46. The van der Waals surface area contributed by atoms with Gasteiger partial charge in [-0.3, -0.25) is 5.10 Å². The molecule has 0 bridgehead atoms. The van der Waals surface area contributed by atoms with Gasteiger partial charge in [0.15, 0.2) is 0 Å². The predicted octanol–water partition coefficient (Wildman–Crippen LogP) is 2.04. The fourth-order valence-corrected chi connectivity index (χ4v) is 2.32. The molecule has 0 aliphatic carbocycles. The van der Waals surface area contributed by atoms with Crippen molar-refractivity contribution in [1.29, 1.82) is 0 Å². The van der Waals surface area contributed by atoms with E-state index in [1.54, 1.807) is 24.5 Å². The van der Waals surface area contributed by atoms with Gasteiger partial charge in [0, 0.05) is 23.9 Å². The minimum atomic E-state index is -0.848. The monoisotopic (exact) mass is 328 g/mol. The number of H-pyrrole nitrogens is 1. The highest BCUT2D eigenvalue weighted by Crippen LogP contribution is 2.30. The van der Waals surface area contributed by atoms with Crippen LogP contribution in [0.1, 0.15) is 0 Å². The highest BCUT2D eigenvalue weighted by Gasteiger charge is 2.11. The van der Waals surface area contributed by atoms with Crippen molar-refractivity contribution in [3.8, 4) is 22.4 Å². The molecule has 7 heteroatoms. The average Bonchev–Trinajstić information content (AvgIpc) is 3.10. The van der Waals surface area contributed by atoms with Crippen LogP contribution in [-0.4, -0.2) is 44.7 Å². The molecule has 6 nitrogen and oxygen atoms in total. The lowest BCUT2D eigenvalue weighted by atomic mass is 10.0. The number of aliphatic hydroxyl groups excluding tert-OH is 2. The summed E-state index contributed by atoms with van der Waals surface area (Å²) in [5.41, 5.74) is 3.34. The maximum Gasteiger partial charge on any atom is 0.126 e. The number of pyridine rings is 1. The van der Waals surface area contributed by atoms with E-state index >= 15 is 0 Å². The van der Waals surface area contributed by atoms with Crippen LogP contribution in [0, 0.1) is 5.82 Å². The van der Waals surface area contributed by atoms with Crippen molar-refractivity contribution in [1.82, 2.24) is 15.2 Å². The Kier molecular flexibility index (Phi) is 4.83. The Morgan fingerprint density at radius 2 is 1.96 bits per heavy atom. The van der Waals surface area contributed by atoms with Crippen LogP contribution in [0.3, 0.4) is 0 Å². The molecular weight excluding hydrogens is 311 g/mol. The Morgan fingerprint density at radius 1 is 1.17 bits per heavy atom. The van der Waals surface area contributed by atoms with Crippen molar-refractivity contribution >= 4 is 5.82 Å². The van der Waals surface area contributed by atoms with E-state index in [4.69, 9.17) is 5.11 Å². The molecule has 0 fully saturated rings. The second kappa shape index (κ2) is 7.20. The number of halogens is 1. The van der Waals surface area contributed by atoms with Gasteiger partial charge in [0.05, 0.1) is 24.6 Å². The molecule has 2 heterocycles. The van der Waals surface area contributed by atoms with Crippen LogP contribution in [0.5, 0.6) is 0 Å². The molecule has 0 saturated carbocycles. The van der Waals surface area contributed by atoms with Crippen molar-refractivity contribution in [2.45, 2.75) is 6.10 Å². The molecule has 24 heavy (non-hydrogen) atoms. The first-order chi connectivity index (χ1) is 11.7. The maximum atomic E-state index is 13.1. The summed E-state index contributed by atoms with van der Waals surface area (Å²) in [6, 6.07) is 9.83. The third-order valence-electron chi connectivity index (χ3n) is 3.57. The number of aromatic nitrogens is 3. The van der Waals surface area contributed by atoms with E-state index < -0.39 is 6.10 Å². The number of aliphatic hydroxyl groups is 2. The third kappa shape index (κ3) is 3.58. The minimum absolute atomic E-state index is 0.198. The summed E-state index contributed by atoms with van der Waals surface area (Å²) in [5.74, 6) is 0.281. The van der Waals surface area contributed by atoms with Gasteiger partial charge in [0.2, 0.25) is 0 Å². The Labute approximate surface area is 138 Å². The van der Waals surface area contributed by atoms with Gasteiger partial charge in [-0.05, 0) is 42.0 Å². The summed E-state index contributed by atoms with van der Waals surface area (Å²) in [5, 5.41) is 28.2. The Balaban J connectivity index is 1.87. The van der Waals surface area contributed by atoms with Crippen LogP contribution in [0.2, 0.25) is 0 Å². The molecule has 3 aromatic rings. The normalized spacial score (nSPS) is 12.1. The minimum Gasteiger partial charge on any atom is -0.394 e. The number of benzene rings is 1. The fraction of sp³-hybridized carbons (Fsp3) is 0.176. The fourth-order valence-electron chi connectivity index (χ4n) is 2.32. The molecule has 1 aromatic carbocycles. The van der Waals surface area contributed by atoms with Crippen molar-refractivity contribution in [3.05, 3.63) is 54.6 Å². The van der Waals surface area contributed by atoms with Gasteiger partial charge in [0.1, 0.15) is 11.6 Å². The van der Waals surface area contributed by atoms with Gasteiger partial charge in [-0.2, -0.15) is 5.10 Å². The lowest BCUT2D eigenvalue weighted by molar-refractivity contribution is 0.105. The molecule has 0 aliphatic rings. The first-order valence-electron chi connectivity index (χ1n) is 7.46. The number of aromatic amines is 1. The molecule has 1 atom stereocenters. The molecule has 0 aliphatic heterocycles. The Bertz CT molecular complexity index is 804. The van der Waals surface area contributed by atoms with Crippen LogP contribution in [-0.2, 0) is 0 Å². The van der Waals surface area contributed by atoms with E-state index in [0.717, 1.165) is 22.4 Å². The summed E-state index contributed by atoms with van der Waals surface area (Å²) in [6.07, 6.45) is 2.49. The molecule has 1 unspecified atom stereocenters. The zero-order valence-electron chi connectivity index (χ0n) is 12.8. The molecule has 4 N–H and O–H groups in total. The molecule has 3 rings (SSSR count). The zero-order chi connectivity index (χ0) is 16.9. The lowest BCUT2D eigenvalue weighted by Crippen LogP contribution is -2.23. The van der Waals surface area contributed by atoms with Crippen molar-refractivity contribution < 1.29 is 14.6 Å². The van der Waals surface area contributed by atoms with Crippen LogP contribution < -0.4 is 5.32 Å². The first kappa shape index (κ1) is 16.1. The van der Waals surface area contributed by atoms with Crippen molar-refractivity contribution in [2.24, 2.45) is 0 Å². The summed E-state index contributed by atoms with van der Waals surface area (Å²) in [7, 11) is 0. The van der Waals surface area contributed by atoms with E-state index in [1.807, 2.05) is 12.1 Å². The molecule has 124 valence electrons. The SMILES string of the molecule is OCC(O)CNc1cc(-c2cn[nH]c2-c2ccc(F)cc2)ccn1. The Morgan fingerprint density at radius 3 is 2.71 bits per heavy atom. The van der Waals surface area contributed by atoms with Crippen LogP contribution in [0.25, 0.3) is 22.4 Å². The maximum absolute atomic E-state index is 13.1. The smallest absolute Gasteiger partial charge is 0.126 e. The van der Waals surface area contributed by atoms with E-state index in [1.165, 1.54) is 12.1 Å². The molecular formula is C17H17FN4O2. The van der Waals surface area contributed by atoms with Gasteiger partial charge in [0.25, 0.3) is 0 Å². The number of hydrogen-bond acceptors (Lipinski definition) is 5. The van der Waals surface area contributed by atoms with E-state index in [-0.39, 0.29) is 19.0 Å². The number of anilines is 1. The average molecular weight is 328 g/mol. The molecule has 2 aromatic heterocycles. The summed E-state index contributed by atoms with van der Waals surface area (Å²) < 4.78 is 13.1. The highest BCUT2D eigenvalue weighted by atomic mass is 19.1. The quantitative estimate of drug-likeness (QED) is 0.555. The summed E-state index contributed by atoms with van der Waals surface area (Å²) in [6.45, 7) is -0.119. The topological polar surface area (TPSA) is 94.1 Å². The Hall–Kier alpha value is -2.77. The second-order valence-electron chi connectivity index (χ2n) is 5.31. The van der Waals surface area contributed by atoms with E-state index in [2.05, 4.69) is 20.5 Å². The van der Waals surface area contributed by atoms with Gasteiger partial charge < -0.3 is 15.5 Å². The van der Waals surface area contributed by atoms with E-state index in [0.29, 0.717) is 5.82 Å². The number of nitrogens with one attached hydrogen (secondary N) is 2. The summed E-state index contributed by atoms with van der Waals surface area (Å²) >= 11 is 0. The van der Waals surface area contributed by atoms with Crippen LogP contribution in [0.4, 0.5) is 10.2 Å². The third-order valence-corrected chi connectivity index (χ3v) is 3.57. The van der Waals surface area contributed by atoms with Gasteiger partial charge in [-0.1, -0.05) is 0 Å². The molecule has 0 saturated heterocycles. The van der Waals surface area contributed by atoms with Crippen molar-refractivity contribution in [3.63, 3.8) is 0 Å². The van der Waals surface area contributed by atoms with Gasteiger partial charge in [-0.25, -0.2) is 9.37 Å². The zero-order valence-corrected chi connectivity index (χ0v) is 12.8. The van der Waals surface area contributed by atoms with Gasteiger partial charge >= 0.3 is 0 Å². The standard InChI is InChI=1S/C17H17FN4O2/c18-13-3-1-11(2-4-13)17-15(9-21-22-17)12-5-6-19-16(7-12)20-8-14(24)10-23/h1-7,9,14,23-24H,8,10H2,(H,19,20)(H,21,22). The van der Waals surface area contributed by atoms with E-state index in [9.17, 15) is 9.50 Å². The molecule has 0 amide bonds. The predicted molar refractivity (Wildman–Crippen MR) is 88.8 cm³/mol. The van der Waals surface area contributed by atoms with Gasteiger partial charge in [-0.15, -0.1) is 0 Å². The highest BCUT2D eigenvalue weighted by molar-refractivity contribution is 5.81. The number of rotatable bonds is 6. The van der Waals surface area contributed by atoms with Crippen LogP contribution >= 0.6 is 0 Å². The summed E-state index contributed by atoms with van der Waals surface area (Å²) in [4.78, 5) is 4.19. The largest absolute Gasteiger partial charge is 0.394 e.